The fourth-order valence-corrected chi connectivity index (χ4v) is 5.10. The van der Waals surface area contributed by atoms with Gasteiger partial charge in [-0.1, -0.05) is 11.6 Å². The Morgan fingerprint density at radius 3 is 2.85 bits per heavy atom. The van der Waals surface area contributed by atoms with Crippen LogP contribution in [-0.2, 0) is 11.2 Å². The predicted molar refractivity (Wildman–Crippen MR) is 147 cm³/mol. The smallest absolute Gasteiger partial charge is 0.252 e. The van der Waals surface area contributed by atoms with Gasteiger partial charge in [0, 0.05) is 47.3 Å². The Labute approximate surface area is 228 Å². The minimum atomic E-state index is -0.180. The zero-order valence-electron chi connectivity index (χ0n) is 21.2. The minimum absolute atomic E-state index is 0.102. The second-order valence-electron chi connectivity index (χ2n) is 9.15. The maximum Gasteiger partial charge on any atom is 0.252 e. The molecule has 4 aromatic heterocycles. The maximum absolute atomic E-state index is 13.4. The lowest BCUT2D eigenvalue weighted by Crippen LogP contribution is -2.23. The van der Waals surface area contributed by atoms with Crippen LogP contribution in [0, 0.1) is 0 Å². The normalized spacial score (nSPS) is 14.5. The van der Waals surface area contributed by atoms with E-state index in [1.165, 1.54) is 6.33 Å². The van der Waals surface area contributed by atoms with Crippen molar-refractivity contribution in [2.75, 3.05) is 25.1 Å². The fraction of sp³-hybridized carbons (Fsp3) is 0.259. The van der Waals surface area contributed by atoms with Gasteiger partial charge in [0.1, 0.15) is 18.0 Å². The highest BCUT2D eigenvalue weighted by Crippen LogP contribution is 2.34. The third kappa shape index (κ3) is 5.06. The summed E-state index contributed by atoms with van der Waals surface area (Å²) in [5.74, 6) is 1.53. The highest BCUT2D eigenvalue weighted by molar-refractivity contribution is 6.31. The molecule has 0 spiro atoms. The molecule has 12 heteroatoms. The second-order valence-corrected chi connectivity index (χ2v) is 9.59. The Morgan fingerprint density at radius 2 is 2.05 bits per heavy atom. The topological polar surface area (TPSA) is 128 Å². The molecule has 0 fully saturated rings. The number of fused-ring (bicyclic) bond motifs is 1. The second kappa shape index (κ2) is 10.8. The number of hydrogen-bond acceptors (Lipinski definition) is 8. The van der Waals surface area contributed by atoms with Crippen molar-refractivity contribution >= 4 is 17.4 Å². The number of hydrogen-bond donors (Lipinski definition) is 2. The van der Waals surface area contributed by atoms with Crippen molar-refractivity contribution in [3.63, 3.8) is 0 Å². The monoisotopic (exact) mass is 543 g/mol. The third-order valence-electron chi connectivity index (χ3n) is 6.74. The van der Waals surface area contributed by atoms with E-state index < -0.39 is 0 Å². The van der Waals surface area contributed by atoms with Crippen LogP contribution < -0.4 is 10.9 Å². The lowest BCUT2D eigenvalue weighted by molar-refractivity contribution is 0.158. The third-order valence-corrected chi connectivity index (χ3v) is 6.98. The van der Waals surface area contributed by atoms with Crippen LogP contribution in [0.2, 0.25) is 5.02 Å². The van der Waals surface area contributed by atoms with Gasteiger partial charge in [-0.3, -0.25) is 4.79 Å². The molecule has 0 radical (unpaired) electrons. The van der Waals surface area contributed by atoms with Gasteiger partial charge in [-0.15, -0.1) is 5.10 Å². The number of rotatable bonds is 9. The number of nitrogens with one attached hydrogen (secondary N) is 2. The number of aromatic amines is 1. The molecule has 5 heterocycles. The summed E-state index contributed by atoms with van der Waals surface area (Å²) >= 11 is 6.31. The Hall–Kier alpha value is -4.35. The molecule has 39 heavy (non-hydrogen) atoms. The molecular formula is C27H26ClN9O2. The van der Waals surface area contributed by atoms with Crippen LogP contribution in [0.4, 0.5) is 5.82 Å². The summed E-state index contributed by atoms with van der Waals surface area (Å²) < 4.78 is 8.72. The van der Waals surface area contributed by atoms with Crippen molar-refractivity contribution in [2.45, 2.75) is 25.8 Å². The largest absolute Gasteiger partial charge is 0.380 e. The Morgan fingerprint density at radius 1 is 1.13 bits per heavy atom. The molecule has 0 aliphatic carbocycles. The van der Waals surface area contributed by atoms with Crippen LogP contribution in [0.25, 0.3) is 28.1 Å². The lowest BCUT2D eigenvalue weighted by Gasteiger charge is -2.15. The van der Waals surface area contributed by atoms with Crippen molar-refractivity contribution < 1.29 is 4.74 Å². The summed E-state index contributed by atoms with van der Waals surface area (Å²) in [4.78, 5) is 26.0. The van der Waals surface area contributed by atoms with E-state index in [0.717, 1.165) is 58.2 Å². The summed E-state index contributed by atoms with van der Waals surface area (Å²) in [6.45, 7) is 3.99. The van der Waals surface area contributed by atoms with Gasteiger partial charge in [0.2, 0.25) is 0 Å². The molecule has 1 atom stereocenters. The average Bonchev–Trinajstić information content (AvgIpc) is 3.72. The summed E-state index contributed by atoms with van der Waals surface area (Å²) in [7, 11) is 0. The number of H-pyrrole nitrogens is 1. The summed E-state index contributed by atoms with van der Waals surface area (Å²) in [6, 6.07) is 12.8. The summed E-state index contributed by atoms with van der Waals surface area (Å²) in [5.41, 5.74) is 4.89. The Kier molecular flexibility index (Phi) is 6.91. The van der Waals surface area contributed by atoms with E-state index in [-0.39, 0.29) is 11.6 Å². The molecule has 0 unspecified atom stereocenters. The number of nitrogens with zero attached hydrogens (tertiary/aromatic N) is 7. The van der Waals surface area contributed by atoms with Crippen molar-refractivity contribution in [3.05, 3.63) is 88.1 Å². The Bertz CT molecular complexity index is 1650. The van der Waals surface area contributed by atoms with E-state index in [2.05, 4.69) is 35.8 Å². The molecule has 1 aromatic carbocycles. The average molecular weight is 544 g/mol. The molecule has 5 aromatic rings. The molecule has 0 amide bonds. The first kappa shape index (κ1) is 25.0. The first-order valence-electron chi connectivity index (χ1n) is 12.7. The van der Waals surface area contributed by atoms with Crippen molar-refractivity contribution in [3.8, 4) is 28.1 Å². The highest BCUT2D eigenvalue weighted by Gasteiger charge is 2.28. The molecule has 11 nitrogen and oxygen atoms in total. The summed E-state index contributed by atoms with van der Waals surface area (Å²) in [5, 5.41) is 15.3. The molecular weight excluding hydrogens is 518 g/mol. The van der Waals surface area contributed by atoms with Crippen molar-refractivity contribution in [1.82, 2.24) is 39.7 Å². The Balaban J connectivity index is 1.25. The van der Waals surface area contributed by atoms with Crippen LogP contribution in [0.5, 0.6) is 0 Å². The van der Waals surface area contributed by atoms with Crippen LogP contribution in [0.1, 0.15) is 30.9 Å². The molecule has 0 saturated carbocycles. The van der Waals surface area contributed by atoms with E-state index in [9.17, 15) is 4.79 Å². The molecule has 2 N–H and O–H groups in total. The number of pyridine rings is 2. The summed E-state index contributed by atoms with van der Waals surface area (Å²) in [6.07, 6.45) is 6.61. The standard InChI is InChI=1S/C27H26ClN9O2/c1-2-39-10-9-29-25-8-3-17(14-30-25)22-15-31-27(33-22)24-7-5-20-11-18(12-26(38)37(20)24)21-13-19(28)4-6-23(21)36-16-32-34-35-36/h3-4,6,8,11-16,24H,2,5,7,9-10H2,1H3,(H,29,30)(H,31,33)/t24-/m0/s1. The minimum Gasteiger partial charge on any atom is -0.380 e. The zero-order valence-corrected chi connectivity index (χ0v) is 22.0. The quantitative estimate of drug-likeness (QED) is 0.268. The number of tetrazole rings is 1. The number of aromatic nitrogens is 8. The molecule has 1 aliphatic rings. The molecule has 198 valence electrons. The molecule has 0 saturated heterocycles. The molecule has 0 bridgehead atoms. The van der Waals surface area contributed by atoms with Gasteiger partial charge in [-0.2, -0.15) is 4.68 Å². The van der Waals surface area contributed by atoms with E-state index in [0.29, 0.717) is 24.8 Å². The number of imidazole rings is 1. The fourth-order valence-electron chi connectivity index (χ4n) is 4.93. The molecule has 1 aliphatic heterocycles. The van der Waals surface area contributed by atoms with E-state index in [1.54, 1.807) is 29.2 Å². The SMILES string of the molecule is CCOCCNc1ccc(-c2cnc([C@@H]3CCc4cc(-c5cc(Cl)ccc5-n5cnnn5)cc(=O)n43)[nH]2)cn1. The molecule has 6 rings (SSSR count). The highest BCUT2D eigenvalue weighted by atomic mass is 35.5. The van der Waals surface area contributed by atoms with Gasteiger partial charge in [0.15, 0.2) is 0 Å². The van der Waals surface area contributed by atoms with Gasteiger partial charge < -0.3 is 19.6 Å². The van der Waals surface area contributed by atoms with Gasteiger partial charge in [-0.25, -0.2) is 9.97 Å². The lowest BCUT2D eigenvalue weighted by atomic mass is 10.0. The van der Waals surface area contributed by atoms with Gasteiger partial charge in [0.05, 0.1) is 30.2 Å². The number of ether oxygens (including phenoxy) is 1. The predicted octanol–water partition coefficient (Wildman–Crippen LogP) is 3.91. The van der Waals surface area contributed by atoms with Crippen molar-refractivity contribution in [1.29, 1.82) is 0 Å². The maximum atomic E-state index is 13.4. The first-order chi connectivity index (χ1) is 19.1. The van der Waals surface area contributed by atoms with Crippen LogP contribution in [0.15, 0.2) is 66.0 Å². The number of halogens is 1. The number of benzene rings is 1. The van der Waals surface area contributed by atoms with E-state index >= 15 is 0 Å². The van der Waals surface area contributed by atoms with Gasteiger partial charge in [0.25, 0.3) is 5.56 Å². The first-order valence-corrected chi connectivity index (χ1v) is 13.1. The van der Waals surface area contributed by atoms with Crippen molar-refractivity contribution in [2.24, 2.45) is 0 Å². The van der Waals surface area contributed by atoms with Gasteiger partial charge >= 0.3 is 0 Å². The zero-order chi connectivity index (χ0) is 26.8. The van der Waals surface area contributed by atoms with Crippen LogP contribution in [-0.4, -0.2) is 59.5 Å². The van der Waals surface area contributed by atoms with Gasteiger partial charge in [-0.05, 0) is 72.2 Å². The van der Waals surface area contributed by atoms with E-state index in [1.807, 2.05) is 41.8 Å². The van der Waals surface area contributed by atoms with Crippen LogP contribution >= 0.6 is 11.6 Å². The number of aryl methyl sites for hydroxylation is 1. The number of anilines is 1. The van der Waals surface area contributed by atoms with Crippen LogP contribution in [0.3, 0.4) is 0 Å². The van der Waals surface area contributed by atoms with E-state index in [4.69, 9.17) is 16.3 Å².